The summed E-state index contributed by atoms with van der Waals surface area (Å²) in [5.41, 5.74) is 0.950. The third kappa shape index (κ3) is 4.51. The molecule has 3 rings (SSSR count). The molecule has 1 fully saturated rings. The van der Waals surface area contributed by atoms with Gasteiger partial charge in [-0.25, -0.2) is 0 Å². The van der Waals surface area contributed by atoms with Gasteiger partial charge in [-0.2, -0.15) is 0 Å². The molecule has 1 aromatic carbocycles. The van der Waals surface area contributed by atoms with Gasteiger partial charge in [0.25, 0.3) is 0 Å². The lowest BCUT2D eigenvalue weighted by Crippen LogP contribution is -2.52. The number of hydrogen-bond acceptors (Lipinski definition) is 7. The number of para-hydroxylation sites is 1. The Kier molecular flexibility index (Phi) is 5.99. The van der Waals surface area contributed by atoms with Crippen LogP contribution in [-0.2, 0) is 33.3 Å². The lowest BCUT2D eigenvalue weighted by molar-refractivity contribution is -0.226. The summed E-state index contributed by atoms with van der Waals surface area (Å²) in [6.07, 6.45) is -0.712. The molecule has 0 saturated carbocycles. The SMILES string of the molecule is CC(=O)OCC1OC(n2ccc3ccccc32)CC(OC(C)=O)C1OC(C)=O. The Labute approximate surface area is 162 Å². The molecule has 0 N–H and O–H groups in total. The summed E-state index contributed by atoms with van der Waals surface area (Å²) < 4.78 is 23.9. The molecule has 150 valence electrons. The van der Waals surface area contributed by atoms with Crippen molar-refractivity contribution in [1.82, 2.24) is 4.57 Å². The van der Waals surface area contributed by atoms with Gasteiger partial charge in [-0.3, -0.25) is 14.4 Å². The van der Waals surface area contributed by atoms with Crippen LogP contribution in [-0.4, -0.2) is 47.4 Å². The molecule has 2 heterocycles. The maximum atomic E-state index is 11.6. The fourth-order valence-corrected chi connectivity index (χ4v) is 3.45. The molecule has 1 aliphatic rings. The summed E-state index contributed by atoms with van der Waals surface area (Å²) in [7, 11) is 0. The van der Waals surface area contributed by atoms with Gasteiger partial charge in [-0.15, -0.1) is 0 Å². The van der Waals surface area contributed by atoms with E-state index in [9.17, 15) is 14.4 Å². The molecule has 0 amide bonds. The van der Waals surface area contributed by atoms with Crippen molar-refractivity contribution < 1.29 is 33.3 Å². The molecule has 4 unspecified atom stereocenters. The van der Waals surface area contributed by atoms with Crippen LogP contribution in [0.2, 0.25) is 0 Å². The molecular formula is C20H23NO7. The van der Waals surface area contributed by atoms with Gasteiger partial charge in [-0.1, -0.05) is 18.2 Å². The van der Waals surface area contributed by atoms with Gasteiger partial charge < -0.3 is 23.5 Å². The second-order valence-corrected chi connectivity index (χ2v) is 6.67. The number of carbonyl (C=O) groups excluding carboxylic acids is 3. The maximum absolute atomic E-state index is 11.6. The minimum atomic E-state index is -0.876. The smallest absolute Gasteiger partial charge is 0.303 e. The first-order chi connectivity index (χ1) is 13.3. The highest BCUT2D eigenvalue weighted by Gasteiger charge is 2.44. The molecule has 28 heavy (non-hydrogen) atoms. The molecule has 0 spiro atoms. The van der Waals surface area contributed by atoms with E-state index in [0.29, 0.717) is 0 Å². The van der Waals surface area contributed by atoms with Crippen molar-refractivity contribution in [3.05, 3.63) is 36.5 Å². The van der Waals surface area contributed by atoms with E-state index in [2.05, 4.69) is 0 Å². The van der Waals surface area contributed by atoms with Crippen LogP contribution in [0.1, 0.15) is 33.4 Å². The summed E-state index contributed by atoms with van der Waals surface area (Å²) in [5, 5.41) is 1.04. The van der Waals surface area contributed by atoms with Crippen molar-refractivity contribution in [3.63, 3.8) is 0 Å². The van der Waals surface area contributed by atoms with Crippen molar-refractivity contribution in [3.8, 4) is 0 Å². The number of rotatable bonds is 5. The average molecular weight is 389 g/mol. The van der Waals surface area contributed by atoms with E-state index in [1.165, 1.54) is 20.8 Å². The van der Waals surface area contributed by atoms with E-state index in [1.807, 2.05) is 41.1 Å². The number of esters is 3. The van der Waals surface area contributed by atoms with Crippen LogP contribution in [0.15, 0.2) is 36.5 Å². The maximum Gasteiger partial charge on any atom is 0.303 e. The fourth-order valence-electron chi connectivity index (χ4n) is 3.45. The molecule has 0 radical (unpaired) electrons. The molecule has 1 aromatic heterocycles. The van der Waals surface area contributed by atoms with E-state index in [0.717, 1.165) is 10.9 Å². The van der Waals surface area contributed by atoms with Gasteiger partial charge in [0.2, 0.25) is 0 Å². The number of aromatic nitrogens is 1. The van der Waals surface area contributed by atoms with Crippen molar-refractivity contribution in [2.75, 3.05) is 6.61 Å². The summed E-state index contributed by atoms with van der Waals surface area (Å²) in [4.78, 5) is 34.5. The first-order valence-electron chi connectivity index (χ1n) is 9.04. The van der Waals surface area contributed by atoms with Crippen molar-refractivity contribution >= 4 is 28.8 Å². The van der Waals surface area contributed by atoms with E-state index in [4.69, 9.17) is 18.9 Å². The third-order valence-corrected chi connectivity index (χ3v) is 4.51. The quantitative estimate of drug-likeness (QED) is 0.572. The van der Waals surface area contributed by atoms with E-state index in [1.54, 1.807) is 0 Å². The molecule has 0 aliphatic carbocycles. The van der Waals surface area contributed by atoms with Crippen molar-refractivity contribution in [1.29, 1.82) is 0 Å². The minimum absolute atomic E-state index is 0.124. The summed E-state index contributed by atoms with van der Waals surface area (Å²) in [6, 6.07) is 9.76. The molecule has 8 nitrogen and oxygen atoms in total. The van der Waals surface area contributed by atoms with Crippen LogP contribution in [0, 0.1) is 0 Å². The summed E-state index contributed by atoms with van der Waals surface area (Å²) >= 11 is 0. The van der Waals surface area contributed by atoms with E-state index < -0.39 is 42.4 Å². The zero-order valence-corrected chi connectivity index (χ0v) is 16.0. The standard InChI is InChI=1S/C20H23NO7/c1-12(22)25-11-18-20(27-14(3)24)17(26-13(2)23)10-19(28-18)21-9-8-15-6-4-5-7-16(15)21/h4-9,17-20H,10-11H2,1-3H3. The van der Waals surface area contributed by atoms with Crippen molar-refractivity contribution in [2.24, 2.45) is 0 Å². The highest BCUT2D eigenvalue weighted by Crippen LogP contribution is 2.34. The number of nitrogens with zero attached hydrogens (tertiary/aromatic N) is 1. The number of ether oxygens (including phenoxy) is 4. The molecule has 1 saturated heterocycles. The highest BCUT2D eigenvalue weighted by molar-refractivity contribution is 5.80. The third-order valence-electron chi connectivity index (χ3n) is 4.51. The number of hydrogen-bond donors (Lipinski definition) is 0. The Morgan fingerprint density at radius 2 is 1.75 bits per heavy atom. The summed E-state index contributed by atoms with van der Waals surface area (Å²) in [6.45, 7) is 3.71. The topological polar surface area (TPSA) is 93.1 Å². The molecule has 2 aromatic rings. The lowest BCUT2D eigenvalue weighted by atomic mass is 10.00. The number of carbonyl (C=O) groups is 3. The molecule has 4 atom stereocenters. The van der Waals surface area contributed by atoms with Crippen LogP contribution in [0.25, 0.3) is 10.9 Å². The van der Waals surface area contributed by atoms with E-state index >= 15 is 0 Å². The molecule has 0 bridgehead atoms. The fraction of sp³-hybridized carbons (Fsp3) is 0.450. The zero-order chi connectivity index (χ0) is 20.3. The molecule has 8 heteroatoms. The van der Waals surface area contributed by atoms with Gasteiger partial charge in [-0.05, 0) is 17.5 Å². The van der Waals surface area contributed by atoms with Gasteiger partial charge >= 0.3 is 17.9 Å². The van der Waals surface area contributed by atoms with Crippen LogP contribution in [0.5, 0.6) is 0 Å². The van der Waals surface area contributed by atoms with Gasteiger partial charge in [0.05, 0.1) is 5.52 Å². The predicted octanol–water partition coefficient (Wildman–Crippen LogP) is 2.36. The normalized spacial score (nSPS) is 24.5. The Morgan fingerprint density at radius 1 is 1.04 bits per heavy atom. The Morgan fingerprint density at radius 3 is 2.43 bits per heavy atom. The first kappa shape index (κ1) is 19.9. The molecular weight excluding hydrogens is 366 g/mol. The zero-order valence-electron chi connectivity index (χ0n) is 16.0. The van der Waals surface area contributed by atoms with Gasteiger partial charge in [0, 0.05) is 33.4 Å². The second-order valence-electron chi connectivity index (χ2n) is 6.67. The van der Waals surface area contributed by atoms with E-state index in [-0.39, 0.29) is 13.0 Å². The Balaban J connectivity index is 1.93. The van der Waals surface area contributed by atoms with Crippen LogP contribution in [0.3, 0.4) is 0 Å². The van der Waals surface area contributed by atoms with Crippen LogP contribution >= 0.6 is 0 Å². The highest BCUT2D eigenvalue weighted by atomic mass is 16.6. The minimum Gasteiger partial charge on any atom is -0.463 e. The lowest BCUT2D eigenvalue weighted by Gasteiger charge is -2.40. The average Bonchev–Trinajstić information content (AvgIpc) is 3.05. The monoisotopic (exact) mass is 389 g/mol. The predicted molar refractivity (Wildman–Crippen MR) is 98.2 cm³/mol. The number of benzene rings is 1. The Bertz CT molecular complexity index is 874. The summed E-state index contributed by atoms with van der Waals surface area (Å²) in [5.74, 6) is -1.52. The van der Waals surface area contributed by atoms with Gasteiger partial charge in [0.1, 0.15) is 25.0 Å². The number of fused-ring (bicyclic) bond motifs is 1. The van der Waals surface area contributed by atoms with Crippen LogP contribution in [0.4, 0.5) is 0 Å². The Hall–Kier alpha value is -2.87. The van der Waals surface area contributed by atoms with Crippen LogP contribution < -0.4 is 0 Å². The largest absolute Gasteiger partial charge is 0.463 e. The molecule has 1 aliphatic heterocycles. The second kappa shape index (κ2) is 8.43. The first-order valence-corrected chi connectivity index (χ1v) is 9.04. The van der Waals surface area contributed by atoms with Gasteiger partial charge in [0.15, 0.2) is 6.10 Å². The van der Waals surface area contributed by atoms with Crippen molar-refractivity contribution in [2.45, 2.75) is 51.7 Å².